The van der Waals surface area contributed by atoms with E-state index < -0.39 is 6.10 Å². The van der Waals surface area contributed by atoms with Crippen molar-refractivity contribution in [2.75, 3.05) is 13.2 Å². The topological polar surface area (TPSA) is 78.9 Å². The van der Waals surface area contributed by atoms with Crippen molar-refractivity contribution in [3.8, 4) is 0 Å². The largest absolute Gasteiger partial charge is 0.462 e. The molecule has 0 fully saturated rings. The van der Waals surface area contributed by atoms with Gasteiger partial charge in [-0.15, -0.1) is 0 Å². The molecule has 1 atom stereocenters. The third-order valence-corrected chi connectivity index (χ3v) is 15.7. The smallest absolute Gasteiger partial charge is 0.306 e. The molecule has 0 amide bonds. The van der Waals surface area contributed by atoms with Crippen LogP contribution in [-0.2, 0) is 28.6 Å². The second kappa shape index (κ2) is 69.3. The van der Waals surface area contributed by atoms with E-state index >= 15 is 0 Å². The zero-order chi connectivity index (χ0) is 58.5. The first-order chi connectivity index (χ1) is 40.0. The van der Waals surface area contributed by atoms with Gasteiger partial charge in [0.25, 0.3) is 0 Å². The van der Waals surface area contributed by atoms with Crippen molar-refractivity contribution in [2.45, 2.75) is 374 Å². The van der Waals surface area contributed by atoms with E-state index in [0.29, 0.717) is 19.3 Å². The standard InChI is InChI=1S/C75H134O6/c1-4-7-10-13-16-18-20-22-24-26-28-30-32-33-34-35-36-37-38-39-40-41-43-44-46-48-50-52-54-56-59-62-65-68-74(77)80-71-72(70-79-73(76)67-64-61-58-15-12-9-6-3)81-75(78)69-66-63-60-57-55-53-51-49-47-45-42-31-29-27-25-23-21-19-17-14-11-8-5-2/h7,10,16,18,22,24,28,30,33-34,36-37,72H,4-6,8-9,11-15,17,19-21,23,25-27,29,31-32,35,38-71H2,1-3H3/b10-7-,18-16-,24-22-,30-28-,34-33-,37-36-. The molecule has 1 unspecified atom stereocenters. The van der Waals surface area contributed by atoms with Gasteiger partial charge < -0.3 is 14.2 Å². The Kier molecular flexibility index (Phi) is 66.6. The third kappa shape index (κ3) is 67.5. The van der Waals surface area contributed by atoms with E-state index in [0.717, 1.165) is 96.3 Å². The molecule has 0 rings (SSSR count). The number of carbonyl (C=O) groups is 3. The molecule has 0 bridgehead atoms. The van der Waals surface area contributed by atoms with Gasteiger partial charge in [0.1, 0.15) is 13.2 Å². The summed E-state index contributed by atoms with van der Waals surface area (Å²) >= 11 is 0. The molecule has 0 heterocycles. The Morgan fingerprint density at radius 2 is 0.481 bits per heavy atom. The Labute approximate surface area is 503 Å². The zero-order valence-corrected chi connectivity index (χ0v) is 54.1. The summed E-state index contributed by atoms with van der Waals surface area (Å²) in [7, 11) is 0. The van der Waals surface area contributed by atoms with Crippen molar-refractivity contribution in [1.29, 1.82) is 0 Å². The average Bonchev–Trinajstić information content (AvgIpc) is 3.47. The highest BCUT2D eigenvalue weighted by atomic mass is 16.6. The summed E-state index contributed by atoms with van der Waals surface area (Å²) in [6.07, 6.45) is 91.1. The number of allylic oxidation sites excluding steroid dienone is 12. The highest BCUT2D eigenvalue weighted by Gasteiger charge is 2.19. The monoisotopic (exact) mass is 1130 g/mol. The van der Waals surface area contributed by atoms with Crippen LogP contribution in [0.3, 0.4) is 0 Å². The summed E-state index contributed by atoms with van der Waals surface area (Å²) < 4.78 is 16.9. The van der Waals surface area contributed by atoms with Crippen LogP contribution >= 0.6 is 0 Å². The SMILES string of the molecule is CC/C=C\C/C=C\C/C=C\C/C=C\C/C=C\C/C=C\CCCCCCCCCCCCCCCCC(=O)OCC(COC(=O)CCCCCCCCC)OC(=O)CCCCCCCCCCCCCCCCCCCCCCCCC. The van der Waals surface area contributed by atoms with Crippen LogP contribution in [0.1, 0.15) is 367 Å². The van der Waals surface area contributed by atoms with Crippen molar-refractivity contribution < 1.29 is 28.6 Å². The van der Waals surface area contributed by atoms with E-state index in [4.69, 9.17) is 14.2 Å². The fourth-order valence-electron chi connectivity index (χ4n) is 10.5. The van der Waals surface area contributed by atoms with E-state index in [1.165, 1.54) is 231 Å². The van der Waals surface area contributed by atoms with Crippen molar-refractivity contribution in [3.63, 3.8) is 0 Å². The summed E-state index contributed by atoms with van der Waals surface area (Å²) in [5.74, 6) is -0.854. The quantitative estimate of drug-likeness (QED) is 0.0261. The number of ether oxygens (including phenoxy) is 3. The first kappa shape index (κ1) is 77.9. The van der Waals surface area contributed by atoms with Gasteiger partial charge in [-0.2, -0.15) is 0 Å². The molecule has 0 aliphatic heterocycles. The molecule has 0 saturated carbocycles. The predicted octanol–water partition coefficient (Wildman–Crippen LogP) is 24.4. The van der Waals surface area contributed by atoms with Crippen LogP contribution in [0.2, 0.25) is 0 Å². The Balaban J connectivity index is 4.03. The Bertz CT molecular complexity index is 1490. The lowest BCUT2D eigenvalue weighted by Crippen LogP contribution is -2.30. The second-order valence-corrected chi connectivity index (χ2v) is 23.8. The lowest BCUT2D eigenvalue weighted by atomic mass is 10.0. The molecule has 6 nitrogen and oxygen atoms in total. The molecule has 0 N–H and O–H groups in total. The van der Waals surface area contributed by atoms with Crippen LogP contribution in [0.15, 0.2) is 72.9 Å². The second-order valence-electron chi connectivity index (χ2n) is 23.8. The molecule has 0 saturated heterocycles. The molecule has 81 heavy (non-hydrogen) atoms. The number of esters is 3. The maximum atomic E-state index is 12.9. The summed E-state index contributed by atoms with van der Waals surface area (Å²) in [5, 5.41) is 0. The highest BCUT2D eigenvalue weighted by Crippen LogP contribution is 2.18. The van der Waals surface area contributed by atoms with Crippen LogP contribution in [0.5, 0.6) is 0 Å². The van der Waals surface area contributed by atoms with E-state index in [-0.39, 0.29) is 31.1 Å². The van der Waals surface area contributed by atoms with E-state index in [1.807, 2.05) is 0 Å². The Hall–Kier alpha value is -3.15. The fraction of sp³-hybridized carbons (Fsp3) is 0.800. The van der Waals surface area contributed by atoms with Crippen LogP contribution < -0.4 is 0 Å². The van der Waals surface area contributed by atoms with Gasteiger partial charge in [0.05, 0.1) is 0 Å². The van der Waals surface area contributed by atoms with Crippen molar-refractivity contribution in [2.24, 2.45) is 0 Å². The molecule has 0 aromatic heterocycles. The minimum atomic E-state index is -0.770. The van der Waals surface area contributed by atoms with Crippen LogP contribution in [0.25, 0.3) is 0 Å². The summed E-state index contributed by atoms with van der Waals surface area (Å²) in [6, 6.07) is 0. The number of rotatable bonds is 65. The Morgan fingerprint density at radius 3 is 0.753 bits per heavy atom. The summed E-state index contributed by atoms with van der Waals surface area (Å²) in [4.78, 5) is 38.2. The normalized spacial score (nSPS) is 12.5. The molecule has 0 aromatic carbocycles. The van der Waals surface area contributed by atoms with Crippen molar-refractivity contribution in [3.05, 3.63) is 72.9 Å². The van der Waals surface area contributed by atoms with Gasteiger partial charge in [0, 0.05) is 19.3 Å². The molecule has 0 aromatic rings. The third-order valence-electron chi connectivity index (χ3n) is 15.7. The number of carbonyl (C=O) groups excluding carboxylic acids is 3. The van der Waals surface area contributed by atoms with Gasteiger partial charge in [-0.3, -0.25) is 14.4 Å². The van der Waals surface area contributed by atoms with Crippen molar-refractivity contribution >= 4 is 17.9 Å². The molecular weight excluding hydrogens is 997 g/mol. The van der Waals surface area contributed by atoms with Gasteiger partial charge >= 0.3 is 17.9 Å². The molecule has 6 heteroatoms. The Morgan fingerprint density at radius 1 is 0.259 bits per heavy atom. The van der Waals surface area contributed by atoms with Gasteiger partial charge in [0.15, 0.2) is 6.10 Å². The summed E-state index contributed by atoms with van der Waals surface area (Å²) in [5.41, 5.74) is 0. The maximum absolute atomic E-state index is 12.9. The van der Waals surface area contributed by atoms with Gasteiger partial charge in [-0.05, 0) is 70.6 Å². The van der Waals surface area contributed by atoms with Crippen molar-refractivity contribution in [1.82, 2.24) is 0 Å². The number of unbranched alkanes of at least 4 members (excludes halogenated alkanes) is 42. The average molecular weight is 1130 g/mol. The minimum Gasteiger partial charge on any atom is -0.462 e. The van der Waals surface area contributed by atoms with E-state index in [2.05, 4.69) is 93.7 Å². The molecule has 470 valence electrons. The molecule has 0 radical (unpaired) electrons. The number of hydrogen-bond donors (Lipinski definition) is 0. The molecule has 0 spiro atoms. The molecular formula is C75H134O6. The molecule has 0 aliphatic carbocycles. The summed E-state index contributed by atoms with van der Waals surface area (Å²) in [6.45, 7) is 6.54. The first-order valence-corrected chi connectivity index (χ1v) is 35.4. The first-order valence-electron chi connectivity index (χ1n) is 35.4. The lowest BCUT2D eigenvalue weighted by molar-refractivity contribution is -0.167. The minimum absolute atomic E-state index is 0.0694. The van der Waals surface area contributed by atoms with Crippen LogP contribution in [0, 0.1) is 0 Å². The van der Waals surface area contributed by atoms with E-state index in [9.17, 15) is 14.4 Å². The van der Waals surface area contributed by atoms with Gasteiger partial charge in [-0.1, -0.05) is 351 Å². The lowest BCUT2D eigenvalue weighted by Gasteiger charge is -2.18. The van der Waals surface area contributed by atoms with Crippen LogP contribution in [0.4, 0.5) is 0 Å². The van der Waals surface area contributed by atoms with E-state index in [1.54, 1.807) is 0 Å². The van der Waals surface area contributed by atoms with Gasteiger partial charge in [0.2, 0.25) is 0 Å². The maximum Gasteiger partial charge on any atom is 0.306 e. The predicted molar refractivity (Wildman–Crippen MR) is 353 cm³/mol. The number of hydrogen-bond acceptors (Lipinski definition) is 6. The van der Waals surface area contributed by atoms with Crippen LogP contribution in [-0.4, -0.2) is 37.2 Å². The zero-order valence-electron chi connectivity index (χ0n) is 54.1. The molecule has 0 aliphatic rings. The highest BCUT2D eigenvalue weighted by molar-refractivity contribution is 5.71. The fourth-order valence-corrected chi connectivity index (χ4v) is 10.5. The van der Waals surface area contributed by atoms with Gasteiger partial charge in [-0.25, -0.2) is 0 Å².